The largest absolute Gasteiger partial charge is 0.399 e. The minimum absolute atomic E-state index is 0.445. The molecule has 0 unspecified atom stereocenters. The highest BCUT2D eigenvalue weighted by Gasteiger charge is 2.09. The van der Waals surface area contributed by atoms with Crippen molar-refractivity contribution < 1.29 is 4.79 Å². The highest BCUT2D eigenvalue weighted by Crippen LogP contribution is 2.27. The SMILES string of the molecule is Cc1cccc(CSc2ccc(N)cc2C(N)=O)c1. The maximum Gasteiger partial charge on any atom is 0.249 e. The lowest BCUT2D eigenvalue weighted by Crippen LogP contribution is -2.12. The van der Waals surface area contributed by atoms with Gasteiger partial charge in [0.1, 0.15) is 0 Å². The minimum Gasteiger partial charge on any atom is -0.399 e. The Labute approximate surface area is 117 Å². The van der Waals surface area contributed by atoms with Gasteiger partial charge < -0.3 is 11.5 Å². The van der Waals surface area contributed by atoms with Gasteiger partial charge in [-0.2, -0.15) is 0 Å². The van der Waals surface area contributed by atoms with Gasteiger partial charge >= 0.3 is 0 Å². The van der Waals surface area contributed by atoms with Crippen LogP contribution in [-0.2, 0) is 5.75 Å². The summed E-state index contributed by atoms with van der Waals surface area (Å²) < 4.78 is 0. The number of thioether (sulfide) groups is 1. The molecule has 0 aromatic heterocycles. The Balaban J connectivity index is 2.17. The van der Waals surface area contributed by atoms with Gasteiger partial charge in [0.15, 0.2) is 0 Å². The number of nitrogens with two attached hydrogens (primary N) is 2. The van der Waals surface area contributed by atoms with Gasteiger partial charge in [0.2, 0.25) is 5.91 Å². The molecular formula is C15H16N2OS. The summed E-state index contributed by atoms with van der Waals surface area (Å²) in [4.78, 5) is 12.3. The molecule has 0 saturated heterocycles. The van der Waals surface area contributed by atoms with Crippen molar-refractivity contribution in [2.24, 2.45) is 5.73 Å². The van der Waals surface area contributed by atoms with Crippen molar-refractivity contribution in [2.75, 3.05) is 5.73 Å². The molecule has 0 atom stereocenters. The predicted molar refractivity (Wildman–Crippen MR) is 80.1 cm³/mol. The van der Waals surface area contributed by atoms with E-state index in [9.17, 15) is 4.79 Å². The van der Waals surface area contributed by atoms with Crippen LogP contribution in [0.3, 0.4) is 0 Å². The fourth-order valence-electron chi connectivity index (χ4n) is 1.83. The second kappa shape index (κ2) is 5.80. The average Bonchev–Trinajstić information content (AvgIpc) is 2.37. The summed E-state index contributed by atoms with van der Waals surface area (Å²) in [6, 6.07) is 13.5. The fraction of sp³-hybridized carbons (Fsp3) is 0.133. The molecule has 0 heterocycles. The first-order valence-electron chi connectivity index (χ1n) is 5.94. The van der Waals surface area contributed by atoms with Gasteiger partial charge in [-0.15, -0.1) is 11.8 Å². The fourth-order valence-corrected chi connectivity index (χ4v) is 2.81. The van der Waals surface area contributed by atoms with Crippen LogP contribution < -0.4 is 11.5 Å². The van der Waals surface area contributed by atoms with E-state index in [0.717, 1.165) is 10.6 Å². The Morgan fingerprint density at radius 3 is 2.68 bits per heavy atom. The maximum atomic E-state index is 11.4. The van der Waals surface area contributed by atoms with Crippen molar-refractivity contribution >= 4 is 23.4 Å². The second-order valence-corrected chi connectivity index (χ2v) is 5.41. The van der Waals surface area contributed by atoms with Crippen molar-refractivity contribution in [1.29, 1.82) is 0 Å². The van der Waals surface area contributed by atoms with Gasteiger partial charge in [-0.05, 0) is 30.7 Å². The number of aryl methyl sites for hydroxylation is 1. The summed E-state index contributed by atoms with van der Waals surface area (Å²) in [5.74, 6) is 0.352. The minimum atomic E-state index is -0.445. The normalized spacial score (nSPS) is 10.4. The monoisotopic (exact) mass is 272 g/mol. The molecule has 4 heteroatoms. The first kappa shape index (κ1) is 13.5. The molecule has 3 nitrogen and oxygen atoms in total. The van der Waals surface area contributed by atoms with Crippen LogP contribution in [0.25, 0.3) is 0 Å². The Morgan fingerprint density at radius 2 is 2.00 bits per heavy atom. The third-order valence-electron chi connectivity index (χ3n) is 2.75. The third-order valence-corrected chi connectivity index (χ3v) is 3.89. The molecule has 0 aliphatic rings. The quantitative estimate of drug-likeness (QED) is 0.664. The highest BCUT2D eigenvalue weighted by molar-refractivity contribution is 7.98. The summed E-state index contributed by atoms with van der Waals surface area (Å²) >= 11 is 1.59. The molecule has 2 aromatic rings. The first-order chi connectivity index (χ1) is 9.06. The number of amides is 1. The van der Waals surface area contributed by atoms with Crippen LogP contribution in [0.2, 0.25) is 0 Å². The second-order valence-electron chi connectivity index (χ2n) is 4.40. The van der Waals surface area contributed by atoms with E-state index in [0.29, 0.717) is 11.3 Å². The van der Waals surface area contributed by atoms with Gasteiger partial charge in [-0.1, -0.05) is 29.8 Å². The highest BCUT2D eigenvalue weighted by atomic mass is 32.2. The van der Waals surface area contributed by atoms with Crippen LogP contribution >= 0.6 is 11.8 Å². The van der Waals surface area contributed by atoms with E-state index in [-0.39, 0.29) is 0 Å². The standard InChI is InChI=1S/C15H16N2OS/c1-10-3-2-4-11(7-10)9-19-14-6-5-12(16)8-13(14)15(17)18/h2-8H,9,16H2,1H3,(H2,17,18). The van der Waals surface area contributed by atoms with E-state index < -0.39 is 5.91 Å². The van der Waals surface area contributed by atoms with Gasteiger partial charge in [-0.3, -0.25) is 4.79 Å². The van der Waals surface area contributed by atoms with E-state index >= 15 is 0 Å². The summed E-state index contributed by atoms with van der Waals surface area (Å²) in [6.07, 6.45) is 0. The summed E-state index contributed by atoms with van der Waals surface area (Å²) in [5, 5.41) is 0. The number of anilines is 1. The number of carbonyl (C=O) groups is 1. The lowest BCUT2D eigenvalue weighted by molar-refractivity contribution is 0.0997. The Morgan fingerprint density at radius 1 is 1.21 bits per heavy atom. The number of nitrogen functional groups attached to an aromatic ring is 1. The molecule has 19 heavy (non-hydrogen) atoms. The van der Waals surface area contributed by atoms with E-state index in [1.165, 1.54) is 11.1 Å². The van der Waals surface area contributed by atoms with Gasteiger partial charge in [0.05, 0.1) is 5.56 Å². The summed E-state index contributed by atoms with van der Waals surface area (Å²) in [6.45, 7) is 2.06. The number of carbonyl (C=O) groups excluding carboxylic acids is 1. The number of rotatable bonds is 4. The number of primary amides is 1. The van der Waals surface area contributed by atoms with Crippen molar-refractivity contribution in [2.45, 2.75) is 17.6 Å². The molecular weight excluding hydrogens is 256 g/mol. The van der Waals surface area contributed by atoms with Crippen LogP contribution in [0.1, 0.15) is 21.5 Å². The van der Waals surface area contributed by atoms with E-state index in [1.807, 2.05) is 12.1 Å². The number of hydrogen-bond donors (Lipinski definition) is 2. The Bertz CT molecular complexity index is 611. The molecule has 0 aliphatic heterocycles. The lowest BCUT2D eigenvalue weighted by Gasteiger charge is -2.08. The zero-order valence-corrected chi connectivity index (χ0v) is 11.5. The molecule has 0 saturated carbocycles. The van der Waals surface area contributed by atoms with E-state index in [4.69, 9.17) is 11.5 Å². The Kier molecular flexibility index (Phi) is 4.12. The topological polar surface area (TPSA) is 69.1 Å². The molecule has 0 spiro atoms. The lowest BCUT2D eigenvalue weighted by atomic mass is 10.2. The van der Waals surface area contributed by atoms with Gasteiger partial charge in [0, 0.05) is 16.3 Å². The van der Waals surface area contributed by atoms with Crippen molar-refractivity contribution in [3.63, 3.8) is 0 Å². The van der Waals surface area contributed by atoms with Crippen LogP contribution in [0.15, 0.2) is 47.4 Å². The van der Waals surface area contributed by atoms with Crippen LogP contribution in [0, 0.1) is 6.92 Å². The van der Waals surface area contributed by atoms with E-state index in [2.05, 4.69) is 25.1 Å². The van der Waals surface area contributed by atoms with Crippen LogP contribution in [0.4, 0.5) is 5.69 Å². The zero-order valence-electron chi connectivity index (χ0n) is 10.7. The number of hydrogen-bond acceptors (Lipinski definition) is 3. The molecule has 98 valence electrons. The van der Waals surface area contributed by atoms with Gasteiger partial charge in [0.25, 0.3) is 0 Å². The van der Waals surface area contributed by atoms with E-state index in [1.54, 1.807) is 23.9 Å². The summed E-state index contributed by atoms with van der Waals surface area (Å²) in [5.41, 5.74) is 14.5. The molecule has 4 N–H and O–H groups in total. The molecule has 0 fully saturated rings. The number of benzene rings is 2. The molecule has 0 radical (unpaired) electrons. The van der Waals surface area contributed by atoms with Crippen molar-refractivity contribution in [3.05, 3.63) is 59.2 Å². The summed E-state index contributed by atoms with van der Waals surface area (Å²) in [7, 11) is 0. The third kappa shape index (κ3) is 3.51. The molecule has 2 rings (SSSR count). The molecule has 0 bridgehead atoms. The van der Waals surface area contributed by atoms with Gasteiger partial charge in [-0.25, -0.2) is 0 Å². The van der Waals surface area contributed by atoms with Crippen molar-refractivity contribution in [1.82, 2.24) is 0 Å². The predicted octanol–water partition coefficient (Wildman–Crippen LogP) is 2.97. The molecule has 0 aliphatic carbocycles. The van der Waals surface area contributed by atoms with Crippen molar-refractivity contribution in [3.8, 4) is 0 Å². The van der Waals surface area contributed by atoms with Crippen LogP contribution in [-0.4, -0.2) is 5.91 Å². The first-order valence-corrected chi connectivity index (χ1v) is 6.92. The molecule has 2 aromatic carbocycles. The molecule has 1 amide bonds. The van der Waals surface area contributed by atoms with Crippen LogP contribution in [0.5, 0.6) is 0 Å². The zero-order chi connectivity index (χ0) is 13.8. The average molecular weight is 272 g/mol. The smallest absolute Gasteiger partial charge is 0.249 e. The maximum absolute atomic E-state index is 11.4. The Hall–Kier alpha value is -1.94.